The summed E-state index contributed by atoms with van der Waals surface area (Å²) < 4.78 is 5.11. The van der Waals surface area contributed by atoms with E-state index >= 15 is 0 Å². The number of hydrogen-bond acceptors (Lipinski definition) is 4. The number of carbonyl (C=O) groups is 2. The molecule has 0 atom stereocenters. The van der Waals surface area contributed by atoms with E-state index in [0.717, 1.165) is 10.9 Å². The first-order valence-electron chi connectivity index (χ1n) is 7.87. The fourth-order valence-corrected chi connectivity index (χ4v) is 2.82. The topological polar surface area (TPSA) is 68.3 Å². The molecule has 3 rings (SSSR count). The minimum absolute atomic E-state index is 0.138. The molecule has 0 fully saturated rings. The third kappa shape index (κ3) is 3.21. The monoisotopic (exact) mass is 334 g/mol. The van der Waals surface area contributed by atoms with E-state index in [9.17, 15) is 9.59 Å². The number of ketones is 1. The molecule has 0 bridgehead atoms. The molecular formula is C20H18N2O3. The molecular weight excluding hydrogens is 316 g/mol. The lowest BCUT2D eigenvalue weighted by Gasteiger charge is -2.15. The predicted molar refractivity (Wildman–Crippen MR) is 97.4 cm³/mol. The van der Waals surface area contributed by atoms with Crippen LogP contribution < -0.4 is 10.1 Å². The van der Waals surface area contributed by atoms with Crippen LogP contribution in [0.5, 0.6) is 5.75 Å². The number of rotatable bonds is 4. The van der Waals surface area contributed by atoms with Crippen molar-refractivity contribution < 1.29 is 14.3 Å². The summed E-state index contributed by atoms with van der Waals surface area (Å²) in [6.07, 6.45) is 0. The van der Waals surface area contributed by atoms with Gasteiger partial charge >= 0.3 is 0 Å². The minimum Gasteiger partial charge on any atom is -0.497 e. The van der Waals surface area contributed by atoms with Crippen molar-refractivity contribution in [3.05, 3.63) is 65.4 Å². The summed E-state index contributed by atoms with van der Waals surface area (Å²) in [6, 6.07) is 14.2. The number of pyridine rings is 1. The molecule has 0 aliphatic heterocycles. The summed E-state index contributed by atoms with van der Waals surface area (Å²) in [6.45, 7) is 3.24. The summed E-state index contributed by atoms with van der Waals surface area (Å²) in [7, 11) is 1.57. The second-order valence-electron chi connectivity index (χ2n) is 5.70. The lowest BCUT2D eigenvalue weighted by atomic mass is 10.0. The Kier molecular flexibility index (Phi) is 4.48. The van der Waals surface area contributed by atoms with Crippen LogP contribution in [0.2, 0.25) is 0 Å². The van der Waals surface area contributed by atoms with Gasteiger partial charge in [-0.1, -0.05) is 18.2 Å². The zero-order valence-corrected chi connectivity index (χ0v) is 14.3. The van der Waals surface area contributed by atoms with Gasteiger partial charge in [-0.15, -0.1) is 0 Å². The highest BCUT2D eigenvalue weighted by atomic mass is 16.5. The molecule has 0 saturated heterocycles. The van der Waals surface area contributed by atoms with Crippen LogP contribution in [0.25, 0.3) is 10.9 Å². The summed E-state index contributed by atoms with van der Waals surface area (Å²) in [5.41, 5.74) is 2.73. The standard InChI is InChI=1S/C20H18N2O3/c1-12-18(13(2)23)19(16-6-4-5-7-17(16)21-12)22-20(24)14-8-10-15(25-3)11-9-14/h4-11H,1-3H3,(H,21,22,24). The fourth-order valence-electron chi connectivity index (χ4n) is 2.82. The maximum Gasteiger partial charge on any atom is 0.255 e. The number of ether oxygens (including phenoxy) is 1. The van der Waals surface area contributed by atoms with Crippen molar-refractivity contribution in [1.82, 2.24) is 4.98 Å². The summed E-state index contributed by atoms with van der Waals surface area (Å²) in [4.78, 5) is 29.3. The largest absolute Gasteiger partial charge is 0.497 e. The highest BCUT2D eigenvalue weighted by Crippen LogP contribution is 2.29. The molecule has 0 spiro atoms. The van der Waals surface area contributed by atoms with E-state index in [-0.39, 0.29) is 11.7 Å². The van der Waals surface area contributed by atoms with Gasteiger partial charge in [-0.05, 0) is 44.2 Å². The van der Waals surface area contributed by atoms with Crippen molar-refractivity contribution in [3.63, 3.8) is 0 Å². The molecule has 0 radical (unpaired) electrons. The first-order chi connectivity index (χ1) is 12.0. The molecule has 25 heavy (non-hydrogen) atoms. The molecule has 0 aliphatic carbocycles. The Morgan fingerprint density at radius 2 is 1.72 bits per heavy atom. The van der Waals surface area contributed by atoms with Crippen LogP contribution in [0, 0.1) is 6.92 Å². The van der Waals surface area contributed by atoms with E-state index < -0.39 is 0 Å². The smallest absolute Gasteiger partial charge is 0.255 e. The van der Waals surface area contributed by atoms with Crippen molar-refractivity contribution in [1.29, 1.82) is 0 Å². The number of carbonyl (C=O) groups excluding carboxylic acids is 2. The Morgan fingerprint density at radius 3 is 2.36 bits per heavy atom. The Balaban J connectivity index is 2.08. The maximum absolute atomic E-state index is 12.7. The molecule has 0 aliphatic rings. The number of nitrogens with one attached hydrogen (secondary N) is 1. The third-order valence-corrected chi connectivity index (χ3v) is 4.02. The summed E-state index contributed by atoms with van der Waals surface area (Å²) in [5, 5.41) is 3.63. The number of methoxy groups -OCH3 is 1. The van der Waals surface area contributed by atoms with Crippen molar-refractivity contribution in [2.75, 3.05) is 12.4 Å². The van der Waals surface area contributed by atoms with E-state index in [2.05, 4.69) is 10.3 Å². The molecule has 5 heteroatoms. The lowest BCUT2D eigenvalue weighted by Crippen LogP contribution is -2.16. The van der Waals surface area contributed by atoms with Gasteiger partial charge in [-0.3, -0.25) is 14.6 Å². The molecule has 5 nitrogen and oxygen atoms in total. The number of para-hydroxylation sites is 1. The Bertz CT molecular complexity index is 963. The number of Topliss-reactive ketones (excluding diaryl/α,β-unsaturated/α-hetero) is 1. The number of aryl methyl sites for hydroxylation is 1. The van der Waals surface area contributed by atoms with Crippen LogP contribution in [-0.4, -0.2) is 23.8 Å². The molecule has 3 aromatic rings. The molecule has 0 saturated carbocycles. The van der Waals surface area contributed by atoms with Gasteiger partial charge in [0.2, 0.25) is 0 Å². The van der Waals surface area contributed by atoms with Gasteiger partial charge in [0.15, 0.2) is 5.78 Å². The van der Waals surface area contributed by atoms with E-state index in [1.54, 1.807) is 38.3 Å². The molecule has 1 amide bonds. The van der Waals surface area contributed by atoms with Crippen LogP contribution in [0.3, 0.4) is 0 Å². The molecule has 1 heterocycles. The third-order valence-electron chi connectivity index (χ3n) is 4.02. The van der Waals surface area contributed by atoms with Crippen LogP contribution in [0.1, 0.15) is 33.3 Å². The average molecular weight is 334 g/mol. The number of nitrogens with zero attached hydrogens (tertiary/aromatic N) is 1. The lowest BCUT2D eigenvalue weighted by molar-refractivity contribution is 0.101. The average Bonchev–Trinajstić information content (AvgIpc) is 2.61. The summed E-state index contributed by atoms with van der Waals surface area (Å²) in [5.74, 6) is 0.243. The van der Waals surface area contributed by atoms with Crippen LogP contribution in [0.15, 0.2) is 48.5 Å². The first kappa shape index (κ1) is 16.6. The number of anilines is 1. The maximum atomic E-state index is 12.7. The highest BCUT2D eigenvalue weighted by Gasteiger charge is 2.18. The number of fused-ring (bicyclic) bond motifs is 1. The van der Waals surface area contributed by atoms with Gasteiger partial charge < -0.3 is 10.1 Å². The normalized spacial score (nSPS) is 10.5. The Labute approximate surface area is 145 Å². The second-order valence-corrected chi connectivity index (χ2v) is 5.70. The Morgan fingerprint density at radius 1 is 1.04 bits per heavy atom. The summed E-state index contributed by atoms with van der Waals surface area (Å²) >= 11 is 0. The quantitative estimate of drug-likeness (QED) is 0.732. The number of benzene rings is 2. The van der Waals surface area contributed by atoms with Crippen molar-refractivity contribution >= 4 is 28.3 Å². The molecule has 0 unspecified atom stereocenters. The predicted octanol–water partition coefficient (Wildman–Crippen LogP) is 4.01. The zero-order chi connectivity index (χ0) is 18.0. The zero-order valence-electron chi connectivity index (χ0n) is 14.3. The van der Waals surface area contributed by atoms with Crippen LogP contribution in [0.4, 0.5) is 5.69 Å². The van der Waals surface area contributed by atoms with Gasteiger partial charge in [-0.2, -0.15) is 0 Å². The minimum atomic E-state index is -0.291. The SMILES string of the molecule is COc1ccc(C(=O)Nc2c(C(C)=O)c(C)nc3ccccc23)cc1. The van der Waals surface area contributed by atoms with E-state index in [4.69, 9.17) is 4.74 Å². The number of amides is 1. The molecule has 1 N–H and O–H groups in total. The van der Waals surface area contributed by atoms with Crippen LogP contribution in [-0.2, 0) is 0 Å². The number of aromatic nitrogens is 1. The van der Waals surface area contributed by atoms with Crippen molar-refractivity contribution in [2.45, 2.75) is 13.8 Å². The first-order valence-corrected chi connectivity index (χ1v) is 7.87. The van der Waals surface area contributed by atoms with Gasteiger partial charge in [0.05, 0.1) is 29.6 Å². The molecule has 126 valence electrons. The van der Waals surface area contributed by atoms with Crippen molar-refractivity contribution in [2.24, 2.45) is 0 Å². The van der Waals surface area contributed by atoms with Crippen LogP contribution >= 0.6 is 0 Å². The van der Waals surface area contributed by atoms with E-state index in [1.165, 1.54) is 6.92 Å². The van der Waals surface area contributed by atoms with Gasteiger partial charge in [-0.25, -0.2) is 0 Å². The van der Waals surface area contributed by atoms with E-state index in [1.807, 2.05) is 24.3 Å². The number of hydrogen-bond donors (Lipinski definition) is 1. The van der Waals surface area contributed by atoms with E-state index in [0.29, 0.717) is 28.3 Å². The molecule has 2 aromatic carbocycles. The van der Waals surface area contributed by atoms with Crippen molar-refractivity contribution in [3.8, 4) is 5.75 Å². The van der Waals surface area contributed by atoms with Gasteiger partial charge in [0, 0.05) is 10.9 Å². The van der Waals surface area contributed by atoms with Gasteiger partial charge in [0.1, 0.15) is 5.75 Å². The second kappa shape index (κ2) is 6.73. The van der Waals surface area contributed by atoms with Gasteiger partial charge in [0.25, 0.3) is 5.91 Å². The molecule has 1 aromatic heterocycles. The Hall–Kier alpha value is -3.21. The fraction of sp³-hybridized carbons (Fsp3) is 0.150. The highest BCUT2D eigenvalue weighted by molar-refractivity contribution is 6.15.